The molecule has 0 bridgehead atoms. The van der Waals surface area contributed by atoms with Gasteiger partial charge in [-0.3, -0.25) is 10.1 Å². The van der Waals surface area contributed by atoms with E-state index < -0.39 is 14.9 Å². The van der Waals surface area contributed by atoms with Gasteiger partial charge in [0.05, 0.1) is 22.3 Å². The molecule has 0 radical (unpaired) electrons. The molecule has 0 N–H and O–H groups in total. The van der Waals surface area contributed by atoms with Crippen molar-refractivity contribution in [2.75, 3.05) is 19.4 Å². The van der Waals surface area contributed by atoms with Crippen LogP contribution in [-0.2, 0) is 10.0 Å². The van der Waals surface area contributed by atoms with Crippen molar-refractivity contribution in [3.05, 3.63) is 64.2 Å². The Hall–Kier alpha value is -2.10. The first-order valence-electron chi connectivity index (χ1n) is 7.45. The maximum atomic E-state index is 13.0. The Bertz CT molecular complexity index is 884. The van der Waals surface area contributed by atoms with Gasteiger partial charge in [0.25, 0.3) is 5.69 Å². The molecule has 7 nitrogen and oxygen atoms in total. The second-order valence-corrected chi connectivity index (χ2v) is 8.45. The largest absolute Gasteiger partial charge is 0.497 e. The smallest absolute Gasteiger partial charge is 0.270 e. The molecule has 2 aromatic rings. The molecule has 0 spiro atoms. The van der Waals surface area contributed by atoms with Gasteiger partial charge in [-0.15, -0.1) is 11.8 Å². The molecule has 1 saturated heterocycles. The number of hydrogen-bond acceptors (Lipinski definition) is 6. The summed E-state index contributed by atoms with van der Waals surface area (Å²) in [5, 5.41) is 10.6. The third-order valence-corrected chi connectivity index (χ3v) is 7.14. The molecule has 25 heavy (non-hydrogen) atoms. The quantitative estimate of drug-likeness (QED) is 0.585. The molecule has 1 fully saturated rings. The first kappa shape index (κ1) is 17.7. The first-order valence-corrected chi connectivity index (χ1v) is 9.94. The summed E-state index contributed by atoms with van der Waals surface area (Å²) in [7, 11) is -2.26. The predicted molar refractivity (Wildman–Crippen MR) is 95.2 cm³/mol. The molecule has 1 unspecified atom stereocenters. The van der Waals surface area contributed by atoms with Gasteiger partial charge in [0, 0.05) is 24.4 Å². The summed E-state index contributed by atoms with van der Waals surface area (Å²) in [6.07, 6.45) is 0. The van der Waals surface area contributed by atoms with Crippen molar-refractivity contribution in [2.45, 2.75) is 10.3 Å². The lowest BCUT2D eigenvalue weighted by Gasteiger charge is -2.23. The Morgan fingerprint density at radius 1 is 1.24 bits per heavy atom. The van der Waals surface area contributed by atoms with E-state index in [0.29, 0.717) is 18.0 Å². The van der Waals surface area contributed by atoms with Gasteiger partial charge in [0.2, 0.25) is 10.0 Å². The molecular formula is C16H16N2O5S2. The minimum atomic E-state index is -3.83. The SMILES string of the molecule is COc1ccc(C2SCCN2S(=O)(=O)c2cccc([N+](=O)[O-])c2)cc1. The van der Waals surface area contributed by atoms with Crippen LogP contribution in [0.1, 0.15) is 10.9 Å². The Balaban J connectivity index is 1.95. The molecular weight excluding hydrogens is 364 g/mol. The summed E-state index contributed by atoms with van der Waals surface area (Å²) < 4.78 is 32.5. The Morgan fingerprint density at radius 2 is 1.96 bits per heavy atom. The van der Waals surface area contributed by atoms with E-state index in [2.05, 4.69) is 0 Å². The molecule has 1 heterocycles. The number of thioether (sulfide) groups is 1. The van der Waals surface area contributed by atoms with Crippen molar-refractivity contribution in [2.24, 2.45) is 0 Å². The molecule has 132 valence electrons. The lowest BCUT2D eigenvalue weighted by atomic mass is 10.2. The zero-order valence-corrected chi connectivity index (χ0v) is 15.0. The fourth-order valence-corrected chi connectivity index (χ4v) is 5.91. The molecule has 2 aromatic carbocycles. The van der Waals surface area contributed by atoms with Crippen LogP contribution in [-0.4, -0.2) is 37.1 Å². The van der Waals surface area contributed by atoms with Gasteiger partial charge >= 0.3 is 0 Å². The molecule has 9 heteroatoms. The fraction of sp³-hybridized carbons (Fsp3) is 0.250. The van der Waals surface area contributed by atoms with Crippen LogP contribution in [0.15, 0.2) is 53.4 Å². The zero-order valence-electron chi connectivity index (χ0n) is 13.4. The summed E-state index contributed by atoms with van der Waals surface area (Å²) in [5.41, 5.74) is 0.603. The first-order chi connectivity index (χ1) is 11.9. The number of rotatable bonds is 5. The standard InChI is InChI=1S/C16H16N2O5S2/c1-23-14-7-5-12(6-8-14)16-17(9-10-24-16)25(21,22)15-4-2-3-13(11-15)18(19)20/h2-8,11,16H,9-10H2,1H3. The Kier molecular flexibility index (Phi) is 4.98. The molecule has 0 aromatic heterocycles. The lowest BCUT2D eigenvalue weighted by molar-refractivity contribution is -0.385. The van der Waals surface area contributed by atoms with Crippen molar-refractivity contribution < 1.29 is 18.1 Å². The highest BCUT2D eigenvalue weighted by Crippen LogP contribution is 2.42. The molecule has 1 aliphatic heterocycles. The molecule has 0 saturated carbocycles. The average molecular weight is 380 g/mol. The number of nitrogens with zero attached hydrogens (tertiary/aromatic N) is 2. The molecule has 0 aliphatic carbocycles. The normalized spacial score (nSPS) is 18.2. The van der Waals surface area contributed by atoms with Crippen LogP contribution in [0.4, 0.5) is 5.69 Å². The monoisotopic (exact) mass is 380 g/mol. The third kappa shape index (κ3) is 3.48. The number of methoxy groups -OCH3 is 1. The number of non-ortho nitro benzene ring substituents is 1. The van der Waals surface area contributed by atoms with Gasteiger partial charge in [0.1, 0.15) is 5.75 Å². The van der Waals surface area contributed by atoms with Crippen LogP contribution in [0.2, 0.25) is 0 Å². The average Bonchev–Trinajstić information content (AvgIpc) is 3.12. The van der Waals surface area contributed by atoms with Gasteiger partial charge in [-0.2, -0.15) is 4.31 Å². The summed E-state index contributed by atoms with van der Waals surface area (Å²) in [5.74, 6) is 1.35. The summed E-state index contributed by atoms with van der Waals surface area (Å²) in [4.78, 5) is 10.3. The summed E-state index contributed by atoms with van der Waals surface area (Å²) in [6.45, 7) is 0.354. The van der Waals surface area contributed by atoms with Crippen molar-refractivity contribution in [3.63, 3.8) is 0 Å². The van der Waals surface area contributed by atoms with Gasteiger partial charge in [-0.05, 0) is 23.8 Å². The van der Waals surface area contributed by atoms with E-state index in [-0.39, 0.29) is 16.0 Å². The molecule has 1 atom stereocenters. The summed E-state index contributed by atoms with van der Waals surface area (Å²) >= 11 is 1.52. The van der Waals surface area contributed by atoms with Crippen molar-refractivity contribution in [1.82, 2.24) is 4.31 Å². The maximum absolute atomic E-state index is 13.0. The number of benzene rings is 2. The van der Waals surface area contributed by atoms with E-state index in [1.165, 1.54) is 34.3 Å². The van der Waals surface area contributed by atoms with Crippen LogP contribution >= 0.6 is 11.8 Å². The second kappa shape index (κ2) is 7.03. The highest BCUT2D eigenvalue weighted by atomic mass is 32.2. The van der Waals surface area contributed by atoms with Gasteiger partial charge in [-0.25, -0.2) is 8.42 Å². The van der Waals surface area contributed by atoms with E-state index in [4.69, 9.17) is 4.74 Å². The minimum Gasteiger partial charge on any atom is -0.497 e. The number of nitro benzene ring substituents is 1. The van der Waals surface area contributed by atoms with E-state index in [9.17, 15) is 18.5 Å². The second-order valence-electron chi connectivity index (χ2n) is 5.37. The lowest BCUT2D eigenvalue weighted by Crippen LogP contribution is -2.30. The van der Waals surface area contributed by atoms with E-state index >= 15 is 0 Å². The number of ether oxygens (including phenoxy) is 1. The topological polar surface area (TPSA) is 89.8 Å². The highest BCUT2D eigenvalue weighted by Gasteiger charge is 2.37. The number of nitro groups is 1. The van der Waals surface area contributed by atoms with Gasteiger partial charge in [-0.1, -0.05) is 18.2 Å². The summed E-state index contributed by atoms with van der Waals surface area (Å²) in [6, 6.07) is 12.4. The van der Waals surface area contributed by atoms with Crippen LogP contribution in [0.25, 0.3) is 0 Å². The Labute approximate surface area is 149 Å². The van der Waals surface area contributed by atoms with Gasteiger partial charge in [0.15, 0.2) is 0 Å². The van der Waals surface area contributed by atoms with Crippen LogP contribution in [0.3, 0.4) is 0 Å². The molecule has 3 rings (SSSR count). The van der Waals surface area contributed by atoms with E-state index in [0.717, 1.165) is 11.6 Å². The number of sulfonamides is 1. The van der Waals surface area contributed by atoms with Gasteiger partial charge < -0.3 is 4.74 Å². The van der Waals surface area contributed by atoms with Crippen LogP contribution in [0, 0.1) is 10.1 Å². The zero-order chi connectivity index (χ0) is 18.0. The van der Waals surface area contributed by atoms with Crippen molar-refractivity contribution in [1.29, 1.82) is 0 Å². The Morgan fingerprint density at radius 3 is 2.60 bits per heavy atom. The minimum absolute atomic E-state index is 0.0669. The molecule has 1 aliphatic rings. The van der Waals surface area contributed by atoms with Crippen LogP contribution in [0.5, 0.6) is 5.75 Å². The highest BCUT2D eigenvalue weighted by molar-refractivity contribution is 8.01. The van der Waals surface area contributed by atoms with E-state index in [1.54, 1.807) is 19.2 Å². The van der Waals surface area contributed by atoms with Crippen molar-refractivity contribution >= 4 is 27.5 Å². The van der Waals surface area contributed by atoms with Crippen LogP contribution < -0.4 is 4.74 Å². The fourth-order valence-electron chi connectivity index (χ4n) is 2.62. The maximum Gasteiger partial charge on any atom is 0.270 e. The van der Waals surface area contributed by atoms with E-state index in [1.807, 2.05) is 12.1 Å². The molecule has 0 amide bonds. The third-order valence-electron chi connectivity index (χ3n) is 3.88. The number of hydrogen-bond donors (Lipinski definition) is 0. The predicted octanol–water partition coefficient (Wildman–Crippen LogP) is 3.04. The van der Waals surface area contributed by atoms with Crippen molar-refractivity contribution in [3.8, 4) is 5.75 Å².